The van der Waals surface area contributed by atoms with Gasteiger partial charge in [-0.05, 0) is 61.6 Å². The van der Waals surface area contributed by atoms with Crippen molar-refractivity contribution >= 4 is 35.0 Å². The first-order chi connectivity index (χ1) is 16.4. The molecule has 1 N–H and O–H groups in total. The number of halogens is 2. The first kappa shape index (κ1) is 24.7. The molecule has 1 fully saturated rings. The van der Waals surface area contributed by atoms with Crippen molar-refractivity contribution in [2.75, 3.05) is 13.2 Å². The lowest BCUT2D eigenvalue weighted by Crippen LogP contribution is -2.49. The average Bonchev–Trinajstić information content (AvgIpc) is 3.34. The number of nitrogens with one attached hydrogen (secondary N) is 1. The van der Waals surface area contributed by atoms with Gasteiger partial charge in [-0.1, -0.05) is 48.2 Å². The molecule has 0 radical (unpaired) electrons. The molecule has 0 aromatic heterocycles. The fraction of sp³-hybridized carbons (Fsp3) is 0.462. The van der Waals surface area contributed by atoms with Crippen molar-refractivity contribution in [3.8, 4) is 11.5 Å². The van der Waals surface area contributed by atoms with E-state index in [1.807, 2.05) is 18.2 Å². The fourth-order valence-electron chi connectivity index (χ4n) is 4.45. The van der Waals surface area contributed by atoms with E-state index in [-0.39, 0.29) is 30.8 Å². The van der Waals surface area contributed by atoms with E-state index < -0.39 is 6.04 Å². The molecule has 2 aliphatic rings. The molecule has 1 atom stereocenters. The number of aryl methyl sites for hydroxylation is 1. The van der Waals surface area contributed by atoms with E-state index in [4.69, 9.17) is 32.7 Å². The topological polar surface area (TPSA) is 67.9 Å². The Morgan fingerprint density at radius 2 is 1.79 bits per heavy atom. The lowest BCUT2D eigenvalue weighted by molar-refractivity contribution is -0.140. The van der Waals surface area contributed by atoms with Gasteiger partial charge in [0.15, 0.2) is 11.5 Å². The number of nitrogens with zero attached hydrogens (tertiary/aromatic N) is 1. The van der Waals surface area contributed by atoms with Gasteiger partial charge in [0.25, 0.3) is 0 Å². The van der Waals surface area contributed by atoms with Gasteiger partial charge >= 0.3 is 0 Å². The van der Waals surface area contributed by atoms with Crippen LogP contribution in [-0.4, -0.2) is 42.0 Å². The third-order valence-electron chi connectivity index (χ3n) is 6.46. The van der Waals surface area contributed by atoms with Gasteiger partial charge in [-0.15, -0.1) is 0 Å². The molecule has 0 unspecified atom stereocenters. The van der Waals surface area contributed by atoms with Crippen LogP contribution in [-0.2, 0) is 22.6 Å². The zero-order chi connectivity index (χ0) is 24.1. The first-order valence-corrected chi connectivity index (χ1v) is 12.6. The van der Waals surface area contributed by atoms with Crippen molar-refractivity contribution in [3.63, 3.8) is 0 Å². The molecule has 2 aromatic rings. The lowest BCUT2D eigenvalue weighted by atomic mass is 10.1. The van der Waals surface area contributed by atoms with Gasteiger partial charge in [0.1, 0.15) is 19.3 Å². The number of hydrogen-bond donors (Lipinski definition) is 1. The summed E-state index contributed by atoms with van der Waals surface area (Å²) in [5.41, 5.74) is 1.73. The molecule has 1 aliphatic carbocycles. The number of hydrogen-bond acceptors (Lipinski definition) is 4. The van der Waals surface area contributed by atoms with Gasteiger partial charge in [-0.25, -0.2) is 0 Å². The highest BCUT2D eigenvalue weighted by Gasteiger charge is 2.29. The summed E-state index contributed by atoms with van der Waals surface area (Å²) in [6.07, 6.45) is 5.00. The third-order valence-corrected chi connectivity index (χ3v) is 7.05. The number of amides is 2. The highest BCUT2D eigenvalue weighted by Crippen LogP contribution is 2.31. The van der Waals surface area contributed by atoms with E-state index in [0.717, 1.165) is 42.6 Å². The van der Waals surface area contributed by atoms with Crippen LogP contribution >= 0.6 is 23.2 Å². The van der Waals surface area contributed by atoms with Crippen molar-refractivity contribution in [2.45, 2.75) is 64.1 Å². The maximum Gasteiger partial charge on any atom is 0.242 e. The molecular formula is C26H30Cl2N2O4. The molecule has 182 valence electrons. The Bertz CT molecular complexity index is 1040. The Morgan fingerprint density at radius 3 is 2.53 bits per heavy atom. The van der Waals surface area contributed by atoms with Crippen LogP contribution in [0.4, 0.5) is 0 Å². The predicted molar refractivity (Wildman–Crippen MR) is 133 cm³/mol. The van der Waals surface area contributed by atoms with Crippen LogP contribution in [0.3, 0.4) is 0 Å². The molecule has 0 spiro atoms. The van der Waals surface area contributed by atoms with E-state index in [2.05, 4.69) is 5.32 Å². The number of rotatable bonds is 8. The number of carbonyl (C=O) groups is 2. The highest BCUT2D eigenvalue weighted by atomic mass is 35.5. The average molecular weight is 505 g/mol. The standard InChI is InChI=1S/C26H30Cl2N2O4/c1-17(26(32)29-21-4-2-3-5-21)30(16-19-8-9-20(27)15-22(19)28)25(31)11-7-18-6-10-23-24(14-18)34-13-12-33-23/h6,8-10,14-15,17,21H,2-5,7,11-13,16H2,1H3,(H,29,32)/t17-/m0/s1. The molecule has 0 bridgehead atoms. The third kappa shape index (κ3) is 6.16. The van der Waals surface area contributed by atoms with Gasteiger partial charge < -0.3 is 19.7 Å². The summed E-state index contributed by atoms with van der Waals surface area (Å²) < 4.78 is 11.2. The molecule has 34 heavy (non-hydrogen) atoms. The summed E-state index contributed by atoms with van der Waals surface area (Å²) in [5, 5.41) is 4.11. The van der Waals surface area contributed by atoms with Gasteiger partial charge in [-0.2, -0.15) is 0 Å². The van der Waals surface area contributed by atoms with Crippen LogP contribution in [0.15, 0.2) is 36.4 Å². The minimum Gasteiger partial charge on any atom is -0.486 e. The highest BCUT2D eigenvalue weighted by molar-refractivity contribution is 6.35. The normalized spacial score (nSPS) is 16.2. The quantitative estimate of drug-likeness (QED) is 0.538. The molecule has 2 amide bonds. The van der Waals surface area contributed by atoms with Gasteiger partial charge in [-0.3, -0.25) is 9.59 Å². The summed E-state index contributed by atoms with van der Waals surface area (Å²) >= 11 is 12.4. The molecule has 8 heteroatoms. The zero-order valence-electron chi connectivity index (χ0n) is 19.3. The number of fused-ring (bicyclic) bond motifs is 1. The smallest absolute Gasteiger partial charge is 0.242 e. The zero-order valence-corrected chi connectivity index (χ0v) is 20.8. The molecule has 1 heterocycles. The van der Waals surface area contributed by atoms with Crippen LogP contribution < -0.4 is 14.8 Å². The Kier molecular flexibility index (Phi) is 8.22. The fourth-order valence-corrected chi connectivity index (χ4v) is 4.91. The number of benzene rings is 2. The molecule has 1 aliphatic heterocycles. The molecule has 0 saturated heterocycles. The van der Waals surface area contributed by atoms with Crippen molar-refractivity contribution in [1.29, 1.82) is 0 Å². The van der Waals surface area contributed by atoms with E-state index in [1.165, 1.54) is 0 Å². The van der Waals surface area contributed by atoms with Crippen LogP contribution in [0.5, 0.6) is 11.5 Å². The van der Waals surface area contributed by atoms with E-state index in [1.54, 1.807) is 30.0 Å². The van der Waals surface area contributed by atoms with Crippen LogP contribution in [0.2, 0.25) is 10.0 Å². The second-order valence-electron chi connectivity index (χ2n) is 8.90. The summed E-state index contributed by atoms with van der Waals surface area (Å²) in [7, 11) is 0. The van der Waals surface area contributed by atoms with Crippen molar-refractivity contribution < 1.29 is 19.1 Å². The maximum absolute atomic E-state index is 13.4. The van der Waals surface area contributed by atoms with Gasteiger partial charge in [0.05, 0.1) is 0 Å². The number of ether oxygens (including phenoxy) is 2. The van der Waals surface area contributed by atoms with Crippen LogP contribution in [0, 0.1) is 0 Å². The second-order valence-corrected chi connectivity index (χ2v) is 9.74. The molecular weight excluding hydrogens is 475 g/mol. The maximum atomic E-state index is 13.4. The second kappa shape index (κ2) is 11.3. The van der Waals surface area contributed by atoms with Crippen LogP contribution in [0.25, 0.3) is 0 Å². The minimum absolute atomic E-state index is 0.116. The van der Waals surface area contributed by atoms with Crippen molar-refractivity contribution in [1.82, 2.24) is 10.2 Å². The Hall–Kier alpha value is -2.44. The van der Waals surface area contributed by atoms with Crippen molar-refractivity contribution in [2.24, 2.45) is 0 Å². The van der Waals surface area contributed by atoms with Crippen LogP contribution in [0.1, 0.15) is 50.2 Å². The summed E-state index contributed by atoms with van der Waals surface area (Å²) in [5.74, 6) is 1.17. The van der Waals surface area contributed by atoms with Crippen molar-refractivity contribution in [3.05, 3.63) is 57.6 Å². The largest absolute Gasteiger partial charge is 0.486 e. The lowest BCUT2D eigenvalue weighted by Gasteiger charge is -2.30. The molecule has 6 nitrogen and oxygen atoms in total. The Balaban J connectivity index is 1.47. The summed E-state index contributed by atoms with van der Waals surface area (Å²) in [6, 6.07) is 10.5. The van der Waals surface area contributed by atoms with E-state index in [0.29, 0.717) is 35.4 Å². The summed E-state index contributed by atoms with van der Waals surface area (Å²) in [4.78, 5) is 28.0. The Labute approximate surface area is 210 Å². The number of carbonyl (C=O) groups excluding carboxylic acids is 2. The van der Waals surface area contributed by atoms with Gasteiger partial charge in [0, 0.05) is 29.1 Å². The van der Waals surface area contributed by atoms with E-state index in [9.17, 15) is 9.59 Å². The monoisotopic (exact) mass is 504 g/mol. The SMILES string of the molecule is C[C@@H](C(=O)NC1CCCC1)N(Cc1ccc(Cl)cc1Cl)C(=O)CCc1ccc2c(c1)OCCO2. The molecule has 2 aromatic carbocycles. The molecule has 4 rings (SSSR count). The first-order valence-electron chi connectivity index (χ1n) is 11.8. The van der Waals surface area contributed by atoms with E-state index >= 15 is 0 Å². The molecule has 1 saturated carbocycles. The Morgan fingerprint density at radius 1 is 1.06 bits per heavy atom. The minimum atomic E-state index is -0.625. The predicted octanol–water partition coefficient (Wildman–Crippen LogP) is 5.17. The summed E-state index contributed by atoms with van der Waals surface area (Å²) in [6.45, 7) is 3.05. The van der Waals surface area contributed by atoms with Gasteiger partial charge in [0.2, 0.25) is 11.8 Å².